The molecule has 0 aliphatic rings. The van der Waals surface area contributed by atoms with Crippen molar-refractivity contribution in [1.29, 1.82) is 0 Å². The zero-order valence-electron chi connectivity index (χ0n) is 9.77. The van der Waals surface area contributed by atoms with Crippen LogP contribution in [0.25, 0.3) is 0 Å². The first kappa shape index (κ1) is 13.5. The van der Waals surface area contributed by atoms with Crippen molar-refractivity contribution in [3.63, 3.8) is 0 Å². The molecule has 16 heavy (non-hydrogen) atoms. The predicted octanol–water partition coefficient (Wildman–Crippen LogP) is 1.51. The molecule has 0 saturated heterocycles. The number of aliphatic hydroxyl groups excluding tert-OH is 1. The van der Waals surface area contributed by atoms with Gasteiger partial charge >= 0.3 is 0 Å². The lowest BCUT2D eigenvalue weighted by molar-refractivity contribution is 0.0794. The number of nitrogens with one attached hydrogen (secondary N) is 1. The second-order valence-corrected chi connectivity index (χ2v) is 4.69. The Morgan fingerprint density at radius 3 is 2.62 bits per heavy atom. The summed E-state index contributed by atoms with van der Waals surface area (Å²) in [7, 11) is 3.53. The number of aliphatic hydroxyl groups is 1. The molecule has 0 spiro atoms. The molecular formula is C12H19NO2S. The van der Waals surface area contributed by atoms with E-state index in [4.69, 9.17) is 4.74 Å². The molecule has 0 fully saturated rings. The summed E-state index contributed by atoms with van der Waals surface area (Å²) in [6, 6.07) is 8.36. The van der Waals surface area contributed by atoms with Crippen LogP contribution in [0.4, 0.5) is 0 Å². The third kappa shape index (κ3) is 4.99. The molecule has 0 heterocycles. The molecule has 1 unspecified atom stereocenters. The zero-order chi connectivity index (χ0) is 11.8. The summed E-state index contributed by atoms with van der Waals surface area (Å²) in [6.07, 6.45) is -0.396. The largest absolute Gasteiger partial charge is 0.390 e. The van der Waals surface area contributed by atoms with Gasteiger partial charge < -0.3 is 15.2 Å². The van der Waals surface area contributed by atoms with E-state index in [2.05, 4.69) is 29.6 Å². The highest BCUT2D eigenvalue weighted by molar-refractivity contribution is 7.99. The minimum absolute atomic E-state index is 0.394. The van der Waals surface area contributed by atoms with Crippen LogP contribution in [-0.4, -0.2) is 37.7 Å². The molecular weight excluding hydrogens is 222 g/mol. The lowest BCUT2D eigenvalue weighted by Gasteiger charge is -2.09. The highest BCUT2D eigenvalue weighted by Crippen LogP contribution is 2.19. The van der Waals surface area contributed by atoms with Gasteiger partial charge in [-0.2, -0.15) is 0 Å². The monoisotopic (exact) mass is 241 g/mol. The van der Waals surface area contributed by atoms with Gasteiger partial charge in [0, 0.05) is 24.3 Å². The van der Waals surface area contributed by atoms with Crippen molar-refractivity contribution in [2.24, 2.45) is 0 Å². The molecule has 0 amide bonds. The van der Waals surface area contributed by atoms with E-state index in [9.17, 15) is 5.11 Å². The normalized spacial score (nSPS) is 12.7. The molecule has 0 aromatic heterocycles. The Morgan fingerprint density at radius 2 is 2.06 bits per heavy atom. The standard InChI is InChI=1S/C12H19NO2S/c1-13-7-10-3-5-12(6-4-10)16-9-11(14)8-15-2/h3-6,11,13-14H,7-9H2,1-2H3. The van der Waals surface area contributed by atoms with E-state index in [1.165, 1.54) is 10.5 Å². The maximum Gasteiger partial charge on any atom is 0.0867 e. The number of thioether (sulfide) groups is 1. The van der Waals surface area contributed by atoms with E-state index in [0.29, 0.717) is 12.4 Å². The summed E-state index contributed by atoms with van der Waals surface area (Å²) in [5.74, 6) is 0.666. The molecule has 0 saturated carbocycles. The lowest BCUT2D eigenvalue weighted by atomic mass is 10.2. The van der Waals surface area contributed by atoms with Gasteiger partial charge in [-0.15, -0.1) is 11.8 Å². The van der Waals surface area contributed by atoms with Gasteiger partial charge in [0.2, 0.25) is 0 Å². The highest BCUT2D eigenvalue weighted by atomic mass is 32.2. The quantitative estimate of drug-likeness (QED) is 0.710. The lowest BCUT2D eigenvalue weighted by Crippen LogP contribution is -2.16. The van der Waals surface area contributed by atoms with Gasteiger partial charge in [-0.3, -0.25) is 0 Å². The van der Waals surface area contributed by atoms with Gasteiger partial charge in [-0.1, -0.05) is 12.1 Å². The van der Waals surface area contributed by atoms with Gasteiger partial charge in [-0.25, -0.2) is 0 Å². The van der Waals surface area contributed by atoms with Crippen LogP contribution < -0.4 is 5.32 Å². The Labute approximate surface area is 101 Å². The summed E-state index contributed by atoms with van der Waals surface area (Å²) in [6.45, 7) is 1.28. The van der Waals surface area contributed by atoms with Crippen LogP contribution in [-0.2, 0) is 11.3 Å². The Hall–Kier alpha value is -0.550. The Bertz CT molecular complexity index is 290. The molecule has 2 N–H and O–H groups in total. The van der Waals surface area contributed by atoms with Crippen LogP contribution in [0.1, 0.15) is 5.56 Å². The van der Waals surface area contributed by atoms with Crippen molar-refractivity contribution in [2.45, 2.75) is 17.5 Å². The average molecular weight is 241 g/mol. The number of hydrogen-bond donors (Lipinski definition) is 2. The fraction of sp³-hybridized carbons (Fsp3) is 0.500. The van der Waals surface area contributed by atoms with Gasteiger partial charge in [0.15, 0.2) is 0 Å². The van der Waals surface area contributed by atoms with Crippen molar-refractivity contribution in [1.82, 2.24) is 5.32 Å². The van der Waals surface area contributed by atoms with E-state index >= 15 is 0 Å². The maximum atomic E-state index is 9.49. The molecule has 0 aliphatic heterocycles. The second kappa shape index (κ2) is 7.68. The third-order valence-corrected chi connectivity index (χ3v) is 3.26. The van der Waals surface area contributed by atoms with Crippen LogP contribution in [0, 0.1) is 0 Å². The number of methoxy groups -OCH3 is 1. The van der Waals surface area contributed by atoms with Gasteiger partial charge in [0.05, 0.1) is 12.7 Å². The number of benzene rings is 1. The van der Waals surface area contributed by atoms with E-state index in [0.717, 1.165) is 6.54 Å². The van der Waals surface area contributed by atoms with Gasteiger partial charge in [0.25, 0.3) is 0 Å². The molecule has 0 radical (unpaired) electrons. The van der Waals surface area contributed by atoms with Crippen LogP contribution in [0.3, 0.4) is 0 Å². The number of hydrogen-bond acceptors (Lipinski definition) is 4. The van der Waals surface area contributed by atoms with E-state index in [1.807, 2.05) is 7.05 Å². The first-order valence-electron chi connectivity index (χ1n) is 5.29. The van der Waals surface area contributed by atoms with E-state index < -0.39 is 6.10 Å². The molecule has 4 heteroatoms. The first-order chi connectivity index (χ1) is 7.76. The predicted molar refractivity (Wildman–Crippen MR) is 67.8 cm³/mol. The Morgan fingerprint density at radius 1 is 1.38 bits per heavy atom. The summed E-state index contributed by atoms with van der Waals surface area (Å²) >= 11 is 1.64. The molecule has 0 bridgehead atoms. The van der Waals surface area contributed by atoms with Crippen LogP contribution >= 0.6 is 11.8 Å². The van der Waals surface area contributed by atoms with Crippen LogP contribution in [0.2, 0.25) is 0 Å². The third-order valence-electron chi connectivity index (χ3n) is 2.11. The minimum atomic E-state index is -0.396. The average Bonchev–Trinajstić information content (AvgIpc) is 2.29. The van der Waals surface area contributed by atoms with Crippen LogP contribution in [0.15, 0.2) is 29.2 Å². The molecule has 3 nitrogen and oxygen atoms in total. The summed E-state index contributed by atoms with van der Waals surface area (Å²) in [5, 5.41) is 12.6. The Kier molecular flexibility index (Phi) is 6.49. The van der Waals surface area contributed by atoms with Crippen molar-refractivity contribution < 1.29 is 9.84 Å². The maximum absolute atomic E-state index is 9.49. The molecule has 1 aromatic carbocycles. The molecule has 1 rings (SSSR count). The molecule has 1 atom stereocenters. The van der Waals surface area contributed by atoms with Gasteiger partial charge in [0.1, 0.15) is 0 Å². The van der Waals surface area contributed by atoms with Crippen molar-refractivity contribution >= 4 is 11.8 Å². The van der Waals surface area contributed by atoms with E-state index in [-0.39, 0.29) is 0 Å². The van der Waals surface area contributed by atoms with Gasteiger partial charge in [-0.05, 0) is 24.7 Å². The first-order valence-corrected chi connectivity index (χ1v) is 6.28. The van der Waals surface area contributed by atoms with Crippen LogP contribution in [0.5, 0.6) is 0 Å². The molecule has 0 aliphatic carbocycles. The number of rotatable bonds is 7. The minimum Gasteiger partial charge on any atom is -0.390 e. The van der Waals surface area contributed by atoms with Crippen molar-refractivity contribution in [3.05, 3.63) is 29.8 Å². The second-order valence-electron chi connectivity index (χ2n) is 3.59. The molecule has 90 valence electrons. The number of ether oxygens (including phenoxy) is 1. The smallest absolute Gasteiger partial charge is 0.0867 e. The fourth-order valence-corrected chi connectivity index (χ4v) is 2.15. The topological polar surface area (TPSA) is 41.5 Å². The highest BCUT2D eigenvalue weighted by Gasteiger charge is 2.04. The zero-order valence-corrected chi connectivity index (χ0v) is 10.6. The van der Waals surface area contributed by atoms with Crippen molar-refractivity contribution in [3.8, 4) is 0 Å². The summed E-state index contributed by atoms with van der Waals surface area (Å²) in [5.41, 5.74) is 1.27. The Balaban J connectivity index is 2.37. The SMILES string of the molecule is CNCc1ccc(SCC(O)COC)cc1. The summed E-state index contributed by atoms with van der Waals surface area (Å²) < 4.78 is 4.87. The summed E-state index contributed by atoms with van der Waals surface area (Å²) in [4.78, 5) is 1.18. The fourth-order valence-electron chi connectivity index (χ4n) is 1.34. The van der Waals surface area contributed by atoms with E-state index in [1.54, 1.807) is 18.9 Å². The van der Waals surface area contributed by atoms with Crippen molar-refractivity contribution in [2.75, 3.05) is 26.5 Å². The molecule has 1 aromatic rings.